The van der Waals surface area contributed by atoms with E-state index in [2.05, 4.69) is 16.3 Å². The molecule has 5 nitrogen and oxygen atoms in total. The molecule has 1 saturated heterocycles. The van der Waals surface area contributed by atoms with Crippen molar-refractivity contribution < 1.29 is 13.9 Å². The monoisotopic (exact) mass is 385 g/mol. The quantitative estimate of drug-likeness (QED) is 0.825. The van der Waals surface area contributed by atoms with Crippen LogP contribution in [0.4, 0.5) is 14.9 Å². The lowest BCUT2D eigenvalue weighted by atomic mass is 10.1. The van der Waals surface area contributed by atoms with Gasteiger partial charge in [0, 0.05) is 32.7 Å². The van der Waals surface area contributed by atoms with E-state index >= 15 is 0 Å². The number of halogens is 1. The van der Waals surface area contributed by atoms with Crippen molar-refractivity contribution in [2.24, 2.45) is 0 Å². The Labute approximate surface area is 166 Å². The molecule has 1 heterocycles. The number of carbonyl (C=O) groups excluding carboxylic acids is 1. The molecule has 0 aromatic heterocycles. The van der Waals surface area contributed by atoms with Crippen LogP contribution < -0.4 is 15.0 Å². The van der Waals surface area contributed by atoms with Gasteiger partial charge in [-0.25, -0.2) is 9.18 Å². The summed E-state index contributed by atoms with van der Waals surface area (Å²) < 4.78 is 19.6. The summed E-state index contributed by atoms with van der Waals surface area (Å²) in [5, 5.41) is 2.90. The van der Waals surface area contributed by atoms with Crippen molar-refractivity contribution in [1.29, 1.82) is 0 Å². The third-order valence-electron chi connectivity index (χ3n) is 4.76. The summed E-state index contributed by atoms with van der Waals surface area (Å²) in [5.41, 5.74) is 1.69. The summed E-state index contributed by atoms with van der Waals surface area (Å²) in [4.78, 5) is 16.5. The lowest BCUT2D eigenvalue weighted by Crippen LogP contribution is -2.52. The van der Waals surface area contributed by atoms with Gasteiger partial charge in [-0.15, -0.1) is 0 Å². The van der Waals surface area contributed by atoms with E-state index in [9.17, 15) is 9.18 Å². The van der Waals surface area contributed by atoms with Gasteiger partial charge in [-0.1, -0.05) is 30.3 Å². The highest BCUT2D eigenvalue weighted by Gasteiger charge is 2.23. The Balaban J connectivity index is 1.49. The molecule has 0 saturated carbocycles. The fraction of sp³-hybridized carbons (Fsp3) is 0.409. The molecule has 0 spiro atoms. The summed E-state index contributed by atoms with van der Waals surface area (Å²) in [5.74, 6) is 0.646. The predicted octanol–water partition coefficient (Wildman–Crippen LogP) is 3.69. The first-order valence-corrected chi connectivity index (χ1v) is 9.81. The minimum atomic E-state index is -0.229. The Morgan fingerprint density at radius 3 is 2.46 bits per heavy atom. The number of carbonyl (C=O) groups is 1. The van der Waals surface area contributed by atoms with Crippen LogP contribution in [0.1, 0.15) is 19.4 Å². The molecule has 28 heavy (non-hydrogen) atoms. The first-order valence-electron chi connectivity index (χ1n) is 9.81. The standard InChI is InChI=1S/C22H28FN3O2/c1-17(2)28-21-10-6-5-9-20(21)25-13-15-26(16-14-25)22(27)24-12-11-18-7-3-4-8-19(18)23/h3-10,17H,11-16H2,1-2H3,(H,24,27). The van der Waals surface area contributed by atoms with Crippen molar-refractivity contribution in [1.82, 2.24) is 10.2 Å². The molecular weight excluding hydrogens is 357 g/mol. The zero-order valence-corrected chi connectivity index (χ0v) is 16.5. The van der Waals surface area contributed by atoms with Crippen molar-refractivity contribution in [3.63, 3.8) is 0 Å². The Morgan fingerprint density at radius 2 is 1.75 bits per heavy atom. The number of nitrogens with one attached hydrogen (secondary N) is 1. The minimum absolute atomic E-state index is 0.0947. The van der Waals surface area contributed by atoms with Crippen LogP contribution in [0.3, 0.4) is 0 Å². The maximum Gasteiger partial charge on any atom is 0.317 e. The van der Waals surface area contributed by atoms with E-state index in [1.807, 2.05) is 36.9 Å². The van der Waals surface area contributed by atoms with E-state index in [0.29, 0.717) is 31.6 Å². The predicted molar refractivity (Wildman–Crippen MR) is 109 cm³/mol. The average Bonchev–Trinajstić information content (AvgIpc) is 2.69. The van der Waals surface area contributed by atoms with Gasteiger partial charge in [0.05, 0.1) is 11.8 Å². The highest BCUT2D eigenvalue weighted by atomic mass is 19.1. The maximum atomic E-state index is 13.6. The van der Waals surface area contributed by atoms with Crippen molar-refractivity contribution in [2.45, 2.75) is 26.4 Å². The molecule has 1 N–H and O–H groups in total. The molecule has 6 heteroatoms. The van der Waals surface area contributed by atoms with Gasteiger partial charge in [0.15, 0.2) is 0 Å². The molecule has 1 aliphatic heterocycles. The smallest absolute Gasteiger partial charge is 0.317 e. The summed E-state index contributed by atoms with van der Waals surface area (Å²) in [6.07, 6.45) is 0.598. The number of anilines is 1. The Kier molecular flexibility index (Phi) is 6.74. The molecule has 0 aliphatic carbocycles. The minimum Gasteiger partial charge on any atom is -0.489 e. The van der Waals surface area contributed by atoms with Crippen molar-refractivity contribution in [3.8, 4) is 5.75 Å². The molecule has 0 unspecified atom stereocenters. The van der Waals surface area contributed by atoms with Crippen molar-refractivity contribution >= 4 is 11.7 Å². The lowest BCUT2D eigenvalue weighted by molar-refractivity contribution is 0.194. The van der Waals surface area contributed by atoms with Crippen molar-refractivity contribution in [3.05, 3.63) is 59.9 Å². The molecule has 1 aliphatic rings. The Morgan fingerprint density at radius 1 is 1.07 bits per heavy atom. The van der Waals surface area contributed by atoms with E-state index in [4.69, 9.17) is 4.74 Å². The number of hydrogen-bond acceptors (Lipinski definition) is 3. The van der Waals surface area contributed by atoms with Gasteiger partial charge in [-0.3, -0.25) is 0 Å². The number of urea groups is 1. The molecular formula is C22H28FN3O2. The number of benzene rings is 2. The van der Waals surface area contributed by atoms with Crippen LogP contribution in [0.15, 0.2) is 48.5 Å². The van der Waals surface area contributed by atoms with E-state index in [1.54, 1.807) is 18.2 Å². The second kappa shape index (κ2) is 9.44. The van der Waals surface area contributed by atoms with Crippen LogP contribution in [0.5, 0.6) is 5.75 Å². The number of piperazine rings is 1. The summed E-state index contributed by atoms with van der Waals surface area (Å²) in [6, 6.07) is 14.6. The normalized spacial score (nSPS) is 14.3. The highest BCUT2D eigenvalue weighted by Crippen LogP contribution is 2.29. The van der Waals surface area contributed by atoms with Gasteiger partial charge < -0.3 is 19.9 Å². The van der Waals surface area contributed by atoms with Crippen LogP contribution in [0.25, 0.3) is 0 Å². The van der Waals surface area contributed by atoms with Gasteiger partial charge in [-0.2, -0.15) is 0 Å². The van der Waals surface area contributed by atoms with E-state index in [0.717, 1.165) is 24.5 Å². The topological polar surface area (TPSA) is 44.8 Å². The van der Waals surface area contributed by atoms with Crippen LogP contribution in [-0.2, 0) is 6.42 Å². The molecule has 2 aromatic rings. The second-order valence-corrected chi connectivity index (χ2v) is 7.18. The average molecular weight is 385 g/mol. The van der Waals surface area contributed by atoms with Crippen molar-refractivity contribution in [2.75, 3.05) is 37.6 Å². The van der Waals surface area contributed by atoms with Gasteiger partial charge in [0.2, 0.25) is 0 Å². The van der Waals surface area contributed by atoms with Crippen LogP contribution in [-0.4, -0.2) is 49.8 Å². The van der Waals surface area contributed by atoms with Crippen LogP contribution in [0.2, 0.25) is 0 Å². The van der Waals surface area contributed by atoms with E-state index in [-0.39, 0.29) is 18.0 Å². The fourth-order valence-corrected chi connectivity index (χ4v) is 3.34. The van der Waals surface area contributed by atoms with Crippen LogP contribution >= 0.6 is 0 Å². The molecule has 150 valence electrons. The summed E-state index contributed by atoms with van der Waals surface area (Å²) in [6.45, 7) is 7.23. The number of ether oxygens (including phenoxy) is 1. The summed E-state index contributed by atoms with van der Waals surface area (Å²) in [7, 11) is 0. The zero-order valence-electron chi connectivity index (χ0n) is 16.5. The second-order valence-electron chi connectivity index (χ2n) is 7.18. The molecule has 1 fully saturated rings. The highest BCUT2D eigenvalue weighted by molar-refractivity contribution is 5.74. The number of hydrogen-bond donors (Lipinski definition) is 1. The van der Waals surface area contributed by atoms with Crippen LogP contribution in [0, 0.1) is 5.82 Å². The zero-order chi connectivity index (χ0) is 19.9. The molecule has 2 amide bonds. The SMILES string of the molecule is CC(C)Oc1ccccc1N1CCN(C(=O)NCCc2ccccc2F)CC1. The number of nitrogens with zero attached hydrogens (tertiary/aromatic N) is 2. The molecule has 3 rings (SSSR count). The third-order valence-corrected chi connectivity index (χ3v) is 4.76. The Hall–Kier alpha value is -2.76. The number of rotatable bonds is 6. The van der Waals surface area contributed by atoms with Gasteiger partial charge >= 0.3 is 6.03 Å². The molecule has 0 radical (unpaired) electrons. The van der Waals surface area contributed by atoms with E-state index in [1.165, 1.54) is 6.07 Å². The summed E-state index contributed by atoms with van der Waals surface area (Å²) >= 11 is 0. The molecule has 0 atom stereocenters. The fourth-order valence-electron chi connectivity index (χ4n) is 3.34. The maximum absolute atomic E-state index is 13.6. The Bertz CT molecular complexity index is 789. The number of amides is 2. The first kappa shape index (κ1) is 20.0. The lowest BCUT2D eigenvalue weighted by Gasteiger charge is -2.36. The first-order chi connectivity index (χ1) is 13.5. The molecule has 2 aromatic carbocycles. The number of para-hydroxylation sites is 2. The largest absolute Gasteiger partial charge is 0.489 e. The van der Waals surface area contributed by atoms with Gasteiger partial charge in [0.1, 0.15) is 11.6 Å². The third kappa shape index (κ3) is 5.15. The molecule has 0 bridgehead atoms. The van der Waals surface area contributed by atoms with Gasteiger partial charge in [0.25, 0.3) is 0 Å². The van der Waals surface area contributed by atoms with Gasteiger partial charge in [-0.05, 0) is 44.0 Å². The van der Waals surface area contributed by atoms with E-state index < -0.39 is 0 Å².